The Hall–Kier alpha value is -0.493. The molecule has 0 saturated carbocycles. The second-order valence-electron chi connectivity index (χ2n) is 7.70. The van der Waals surface area contributed by atoms with Crippen molar-refractivity contribution >= 4 is 19.1 Å². The van der Waals surface area contributed by atoms with Crippen molar-refractivity contribution in [1.29, 1.82) is 0 Å². The van der Waals surface area contributed by atoms with E-state index in [1.807, 2.05) is 6.07 Å². The molecular weight excluding hydrogens is 322 g/mol. The molecule has 1 unspecified atom stereocenters. The van der Waals surface area contributed by atoms with Gasteiger partial charge in [-0.05, 0) is 30.1 Å². The maximum absolute atomic E-state index is 11.4. The van der Waals surface area contributed by atoms with Crippen LogP contribution < -0.4 is 5.32 Å². The Kier molecular flexibility index (Phi) is 8.14. The Morgan fingerprint density at radius 1 is 1.22 bits per heavy atom. The van der Waals surface area contributed by atoms with E-state index in [0.717, 1.165) is 13.0 Å². The van der Waals surface area contributed by atoms with E-state index in [2.05, 4.69) is 63.4 Å². The molecule has 0 fully saturated rings. The summed E-state index contributed by atoms with van der Waals surface area (Å²) >= 11 is 0. The molecule has 1 aromatic rings. The van der Waals surface area contributed by atoms with Crippen LogP contribution in [0.4, 0.5) is 0 Å². The zero-order valence-electron chi connectivity index (χ0n) is 15.5. The lowest BCUT2D eigenvalue weighted by molar-refractivity contribution is 0.238. The normalized spacial score (nSPS) is 15.4. The molecule has 0 aliphatic heterocycles. The molecule has 0 bridgehead atoms. The van der Waals surface area contributed by atoms with Crippen LogP contribution in [0.1, 0.15) is 32.8 Å². The Labute approximate surface area is 145 Å². The largest absolute Gasteiger partial charge is 0.415 e. The Balaban J connectivity index is 2.59. The lowest BCUT2D eigenvalue weighted by Crippen LogP contribution is -2.45. The SMILES string of the molecule is CS(=O)CC[C@@H](CO[Si](C)(C)C(C)(C)C)NCc1ccccc1. The van der Waals surface area contributed by atoms with Crippen molar-refractivity contribution in [2.45, 2.75) is 57.9 Å². The summed E-state index contributed by atoms with van der Waals surface area (Å²) in [7, 11) is -2.51. The van der Waals surface area contributed by atoms with Gasteiger partial charge in [-0.2, -0.15) is 0 Å². The highest BCUT2D eigenvalue weighted by Gasteiger charge is 2.37. The zero-order valence-corrected chi connectivity index (χ0v) is 17.3. The van der Waals surface area contributed by atoms with Crippen molar-refractivity contribution in [3.05, 3.63) is 35.9 Å². The predicted molar refractivity (Wildman–Crippen MR) is 104 cm³/mol. The third-order valence-corrected chi connectivity index (χ3v) is 9.95. The van der Waals surface area contributed by atoms with Crippen molar-refractivity contribution in [2.75, 3.05) is 18.6 Å². The first-order valence-electron chi connectivity index (χ1n) is 8.33. The molecule has 0 aromatic heterocycles. The average molecular weight is 356 g/mol. The van der Waals surface area contributed by atoms with Crippen LogP contribution in [-0.4, -0.2) is 37.2 Å². The van der Waals surface area contributed by atoms with Gasteiger partial charge >= 0.3 is 0 Å². The maximum Gasteiger partial charge on any atom is 0.192 e. The van der Waals surface area contributed by atoms with E-state index in [1.165, 1.54) is 5.56 Å². The summed E-state index contributed by atoms with van der Waals surface area (Å²) in [5.41, 5.74) is 1.27. The van der Waals surface area contributed by atoms with Crippen LogP contribution in [0.3, 0.4) is 0 Å². The first-order chi connectivity index (χ1) is 10.6. The van der Waals surface area contributed by atoms with E-state index < -0.39 is 19.1 Å². The highest BCUT2D eigenvalue weighted by molar-refractivity contribution is 7.84. The van der Waals surface area contributed by atoms with Gasteiger partial charge in [0.1, 0.15) is 0 Å². The summed E-state index contributed by atoms with van der Waals surface area (Å²) < 4.78 is 17.8. The molecule has 0 aliphatic rings. The minimum Gasteiger partial charge on any atom is -0.415 e. The van der Waals surface area contributed by atoms with Gasteiger partial charge in [0.05, 0.1) is 0 Å². The summed E-state index contributed by atoms with van der Waals surface area (Å²) in [6, 6.07) is 10.6. The molecule has 0 spiro atoms. The van der Waals surface area contributed by atoms with Gasteiger partial charge in [-0.1, -0.05) is 51.1 Å². The van der Waals surface area contributed by atoms with E-state index in [-0.39, 0.29) is 11.1 Å². The second-order valence-corrected chi connectivity index (χ2v) is 14.1. The van der Waals surface area contributed by atoms with Gasteiger partial charge in [0.25, 0.3) is 0 Å². The molecular formula is C18H33NO2SSi. The monoisotopic (exact) mass is 355 g/mol. The standard InChI is InChI=1S/C18H33NO2SSi/c1-18(2,3)23(5,6)21-15-17(12-13-22(4)20)19-14-16-10-8-7-9-11-16/h7-11,17,19H,12-15H2,1-6H3/t17-,22?/m0/s1. The first-order valence-corrected chi connectivity index (χ1v) is 13.0. The van der Waals surface area contributed by atoms with Crippen LogP contribution in [0.25, 0.3) is 0 Å². The molecule has 23 heavy (non-hydrogen) atoms. The molecule has 1 N–H and O–H groups in total. The molecule has 0 amide bonds. The predicted octanol–water partition coefficient (Wildman–Crippen LogP) is 3.94. The van der Waals surface area contributed by atoms with Gasteiger partial charge in [0.15, 0.2) is 8.32 Å². The lowest BCUT2D eigenvalue weighted by atomic mass is 10.2. The number of hydrogen-bond donors (Lipinski definition) is 1. The topological polar surface area (TPSA) is 38.3 Å². The molecule has 0 aliphatic carbocycles. The summed E-state index contributed by atoms with van der Waals surface area (Å²) in [6.07, 6.45) is 2.65. The van der Waals surface area contributed by atoms with Crippen LogP contribution >= 0.6 is 0 Å². The van der Waals surface area contributed by atoms with Gasteiger partial charge in [-0.25, -0.2) is 0 Å². The molecule has 0 heterocycles. The molecule has 2 atom stereocenters. The molecule has 132 valence electrons. The molecule has 5 heteroatoms. The smallest absolute Gasteiger partial charge is 0.192 e. The van der Waals surface area contributed by atoms with Gasteiger partial charge in [-0.15, -0.1) is 0 Å². The van der Waals surface area contributed by atoms with E-state index in [4.69, 9.17) is 4.43 Å². The Morgan fingerprint density at radius 2 is 1.83 bits per heavy atom. The molecule has 3 nitrogen and oxygen atoms in total. The molecule has 1 aromatic carbocycles. The fourth-order valence-electron chi connectivity index (χ4n) is 1.94. The van der Waals surface area contributed by atoms with Crippen LogP contribution in [0.15, 0.2) is 30.3 Å². The molecule has 0 radical (unpaired) electrons. The summed E-state index contributed by atoms with van der Waals surface area (Å²) in [6.45, 7) is 12.8. The van der Waals surface area contributed by atoms with E-state index in [1.54, 1.807) is 6.26 Å². The van der Waals surface area contributed by atoms with Crippen LogP contribution in [-0.2, 0) is 21.8 Å². The maximum atomic E-state index is 11.4. The minimum atomic E-state index is -1.75. The minimum absolute atomic E-state index is 0.213. The van der Waals surface area contributed by atoms with Crippen molar-refractivity contribution in [3.8, 4) is 0 Å². The summed E-state index contributed by atoms with van der Waals surface area (Å²) in [4.78, 5) is 0. The van der Waals surface area contributed by atoms with Crippen molar-refractivity contribution in [2.24, 2.45) is 0 Å². The van der Waals surface area contributed by atoms with E-state index in [9.17, 15) is 4.21 Å². The number of rotatable bonds is 9. The third kappa shape index (κ3) is 7.74. The number of nitrogens with one attached hydrogen (secondary N) is 1. The quantitative estimate of drug-likeness (QED) is 0.682. The highest BCUT2D eigenvalue weighted by atomic mass is 32.2. The fourth-order valence-corrected chi connectivity index (χ4v) is 3.60. The van der Waals surface area contributed by atoms with Crippen molar-refractivity contribution < 1.29 is 8.63 Å². The number of benzene rings is 1. The van der Waals surface area contributed by atoms with Gasteiger partial charge in [-0.3, -0.25) is 4.21 Å². The second kappa shape index (κ2) is 9.11. The molecule has 0 saturated heterocycles. The van der Waals surface area contributed by atoms with E-state index in [0.29, 0.717) is 12.4 Å². The Morgan fingerprint density at radius 3 is 2.35 bits per heavy atom. The van der Waals surface area contributed by atoms with Gasteiger partial charge in [0.2, 0.25) is 0 Å². The zero-order chi connectivity index (χ0) is 17.5. The fraction of sp³-hybridized carbons (Fsp3) is 0.667. The van der Waals surface area contributed by atoms with Crippen molar-refractivity contribution in [3.63, 3.8) is 0 Å². The average Bonchev–Trinajstić information content (AvgIpc) is 2.46. The van der Waals surface area contributed by atoms with Crippen LogP contribution in [0.5, 0.6) is 0 Å². The van der Waals surface area contributed by atoms with Gasteiger partial charge < -0.3 is 9.74 Å². The van der Waals surface area contributed by atoms with Crippen molar-refractivity contribution in [1.82, 2.24) is 5.32 Å². The lowest BCUT2D eigenvalue weighted by Gasteiger charge is -2.37. The Bertz CT molecular complexity index is 486. The summed E-state index contributed by atoms with van der Waals surface area (Å²) in [5, 5.41) is 3.79. The van der Waals surface area contributed by atoms with Crippen LogP contribution in [0.2, 0.25) is 18.1 Å². The highest BCUT2D eigenvalue weighted by Crippen LogP contribution is 2.36. The first kappa shape index (κ1) is 20.6. The van der Waals surface area contributed by atoms with Crippen LogP contribution in [0, 0.1) is 0 Å². The third-order valence-electron chi connectivity index (χ3n) is 4.64. The van der Waals surface area contributed by atoms with E-state index >= 15 is 0 Å². The number of hydrogen-bond acceptors (Lipinski definition) is 3. The molecule has 1 rings (SSSR count). The van der Waals surface area contributed by atoms with Gasteiger partial charge in [0, 0.05) is 42.0 Å². The summed E-state index contributed by atoms with van der Waals surface area (Å²) in [5.74, 6) is 0.716.